The molecule has 2 N–H and O–H groups in total. The van der Waals surface area contributed by atoms with Gasteiger partial charge in [0.2, 0.25) is 5.91 Å². The minimum atomic E-state index is -1.04. The van der Waals surface area contributed by atoms with Gasteiger partial charge in [-0.3, -0.25) is 9.69 Å². The summed E-state index contributed by atoms with van der Waals surface area (Å²) in [5.41, 5.74) is 1.08. The van der Waals surface area contributed by atoms with Gasteiger partial charge in [-0.2, -0.15) is 0 Å². The Morgan fingerprint density at radius 2 is 2.12 bits per heavy atom. The van der Waals surface area contributed by atoms with E-state index in [4.69, 9.17) is 0 Å². The van der Waals surface area contributed by atoms with Gasteiger partial charge in [-0.25, -0.2) is 4.79 Å². The Bertz CT molecular complexity index is 630. The molecule has 0 aromatic carbocycles. The first-order valence-electron chi connectivity index (χ1n) is 9.83. The first-order valence-corrected chi connectivity index (χ1v) is 9.83. The Morgan fingerprint density at radius 3 is 2.77 bits per heavy atom. The molecule has 1 unspecified atom stereocenters. The lowest BCUT2D eigenvalue weighted by atomic mass is 9.90. The lowest BCUT2D eigenvalue weighted by Gasteiger charge is -2.40. The molecule has 1 saturated carbocycles. The number of likely N-dealkylation sites (tertiary alicyclic amines) is 1. The highest BCUT2D eigenvalue weighted by Gasteiger charge is 2.51. The van der Waals surface area contributed by atoms with Crippen molar-refractivity contribution in [2.24, 2.45) is 5.41 Å². The van der Waals surface area contributed by atoms with E-state index in [9.17, 15) is 19.8 Å². The number of amides is 2. The molecule has 4 rings (SSSR count). The van der Waals surface area contributed by atoms with Crippen molar-refractivity contribution < 1.29 is 19.8 Å². The highest BCUT2D eigenvalue weighted by molar-refractivity contribution is 5.88. The van der Waals surface area contributed by atoms with Crippen LogP contribution in [0.25, 0.3) is 0 Å². The Hall–Kier alpha value is -1.60. The zero-order valence-corrected chi connectivity index (χ0v) is 15.4. The maximum absolute atomic E-state index is 12.7. The molecule has 2 amide bonds. The number of carboxylic acid groups (broad SMARTS) is 1. The summed E-state index contributed by atoms with van der Waals surface area (Å²) in [6.45, 7) is 4.78. The summed E-state index contributed by atoms with van der Waals surface area (Å²) in [5, 5.41) is 19.6. The summed E-state index contributed by atoms with van der Waals surface area (Å²) < 4.78 is 0. The summed E-state index contributed by atoms with van der Waals surface area (Å²) >= 11 is 0. The molecule has 3 aliphatic heterocycles. The summed E-state index contributed by atoms with van der Waals surface area (Å²) in [5.74, 6) is -0.100. The quantitative estimate of drug-likeness (QED) is 0.790. The number of carbonyl (C=O) groups excluding carboxylic acids is 1. The van der Waals surface area contributed by atoms with Crippen molar-refractivity contribution in [3.63, 3.8) is 0 Å². The van der Waals surface area contributed by atoms with Crippen molar-refractivity contribution in [2.75, 3.05) is 26.2 Å². The smallest absolute Gasteiger partial charge is 0.408 e. The van der Waals surface area contributed by atoms with Crippen LogP contribution in [0.15, 0.2) is 11.8 Å². The highest BCUT2D eigenvalue weighted by Crippen LogP contribution is 2.53. The average molecular weight is 363 g/mol. The molecule has 0 bridgehead atoms. The van der Waals surface area contributed by atoms with Crippen molar-refractivity contribution in [2.45, 2.75) is 63.6 Å². The molecule has 2 saturated heterocycles. The van der Waals surface area contributed by atoms with Gasteiger partial charge in [0.25, 0.3) is 0 Å². The number of hydrogen-bond donors (Lipinski definition) is 2. The third kappa shape index (κ3) is 3.01. The van der Waals surface area contributed by atoms with Crippen molar-refractivity contribution >= 4 is 12.0 Å². The third-order valence-electron chi connectivity index (χ3n) is 6.91. The molecule has 0 radical (unpaired) electrons. The van der Waals surface area contributed by atoms with Gasteiger partial charge in [0, 0.05) is 18.3 Å². The molecule has 0 aromatic rings. The normalized spacial score (nSPS) is 33.4. The van der Waals surface area contributed by atoms with Crippen LogP contribution in [0.2, 0.25) is 0 Å². The van der Waals surface area contributed by atoms with Crippen LogP contribution < -0.4 is 0 Å². The predicted octanol–water partition coefficient (Wildman–Crippen LogP) is 1.48. The molecule has 7 nitrogen and oxygen atoms in total. The van der Waals surface area contributed by atoms with E-state index in [0.717, 1.165) is 51.0 Å². The number of nitrogens with zero attached hydrogens (tertiary/aromatic N) is 3. The fraction of sp³-hybridized carbons (Fsp3) is 0.789. The van der Waals surface area contributed by atoms with E-state index in [1.54, 1.807) is 6.92 Å². The minimum Gasteiger partial charge on any atom is -0.465 e. The average Bonchev–Trinajstić information content (AvgIpc) is 3.27. The summed E-state index contributed by atoms with van der Waals surface area (Å²) in [6, 6.07) is -0.461. The Morgan fingerprint density at radius 1 is 1.35 bits per heavy atom. The second-order valence-electron chi connectivity index (χ2n) is 8.45. The number of β-amino-alcohol motifs (C(OH)–C–C–N with tert-alkyl or cyclic N) is 1. The molecule has 1 aliphatic carbocycles. The van der Waals surface area contributed by atoms with Crippen LogP contribution in [0, 0.1) is 5.41 Å². The number of carbonyl (C=O) groups is 2. The second-order valence-corrected chi connectivity index (χ2v) is 8.45. The summed E-state index contributed by atoms with van der Waals surface area (Å²) in [6.07, 6.45) is 7.00. The van der Waals surface area contributed by atoms with Crippen molar-refractivity contribution in [1.29, 1.82) is 0 Å². The monoisotopic (exact) mass is 363 g/mol. The second kappa shape index (κ2) is 6.53. The van der Waals surface area contributed by atoms with E-state index in [1.165, 1.54) is 17.7 Å². The SMILES string of the molecule is C[C@H]1C(=O)N2C(=CC[C@@H]2CCCN2CCC3(CC3)C(O)C2)CN1C(=O)O. The molecule has 4 aliphatic rings. The molecule has 1 spiro atoms. The largest absolute Gasteiger partial charge is 0.465 e. The van der Waals surface area contributed by atoms with E-state index in [1.807, 2.05) is 11.0 Å². The van der Waals surface area contributed by atoms with Gasteiger partial charge in [-0.05, 0) is 64.0 Å². The van der Waals surface area contributed by atoms with Crippen molar-refractivity contribution in [3.05, 3.63) is 11.8 Å². The molecule has 7 heteroatoms. The first kappa shape index (κ1) is 17.8. The van der Waals surface area contributed by atoms with Gasteiger partial charge in [0.1, 0.15) is 6.04 Å². The lowest BCUT2D eigenvalue weighted by molar-refractivity contribution is -0.138. The van der Waals surface area contributed by atoms with Crippen LogP contribution in [0.3, 0.4) is 0 Å². The Labute approximate surface area is 154 Å². The van der Waals surface area contributed by atoms with Crippen molar-refractivity contribution in [3.8, 4) is 0 Å². The van der Waals surface area contributed by atoms with E-state index in [2.05, 4.69) is 4.90 Å². The number of piperidine rings is 1. The lowest BCUT2D eigenvalue weighted by Crippen LogP contribution is -2.57. The number of piperazine rings is 1. The fourth-order valence-electron chi connectivity index (χ4n) is 4.87. The summed E-state index contributed by atoms with van der Waals surface area (Å²) in [4.78, 5) is 29.4. The Kier molecular flexibility index (Phi) is 4.47. The number of fused-ring (bicyclic) bond motifs is 1. The molecule has 3 heterocycles. The van der Waals surface area contributed by atoms with Crippen LogP contribution in [0.5, 0.6) is 0 Å². The van der Waals surface area contributed by atoms with Crippen molar-refractivity contribution in [1.82, 2.24) is 14.7 Å². The van der Waals surface area contributed by atoms with E-state index < -0.39 is 12.1 Å². The molecular formula is C19H29N3O4. The Balaban J connectivity index is 1.28. The van der Waals surface area contributed by atoms with Gasteiger partial charge < -0.3 is 20.0 Å². The van der Waals surface area contributed by atoms with Crippen LogP contribution in [-0.4, -0.2) is 81.3 Å². The highest BCUT2D eigenvalue weighted by atomic mass is 16.4. The number of aliphatic hydroxyl groups is 1. The van der Waals surface area contributed by atoms with Gasteiger partial charge in [-0.1, -0.05) is 6.08 Å². The van der Waals surface area contributed by atoms with Crippen LogP contribution in [-0.2, 0) is 4.79 Å². The molecule has 3 atom stereocenters. The molecule has 3 fully saturated rings. The first-order chi connectivity index (χ1) is 12.4. The van der Waals surface area contributed by atoms with E-state index >= 15 is 0 Å². The van der Waals surface area contributed by atoms with Crippen LogP contribution in [0.1, 0.15) is 45.4 Å². The molecule has 26 heavy (non-hydrogen) atoms. The van der Waals surface area contributed by atoms with Crippen LogP contribution >= 0.6 is 0 Å². The van der Waals surface area contributed by atoms with Crippen LogP contribution in [0.4, 0.5) is 4.79 Å². The minimum absolute atomic E-state index is 0.100. The van der Waals surface area contributed by atoms with E-state index in [-0.39, 0.29) is 23.5 Å². The molecule has 144 valence electrons. The van der Waals surface area contributed by atoms with E-state index in [0.29, 0.717) is 6.54 Å². The van der Waals surface area contributed by atoms with Gasteiger partial charge >= 0.3 is 6.09 Å². The number of rotatable bonds is 4. The number of hydrogen-bond acceptors (Lipinski definition) is 4. The summed E-state index contributed by atoms with van der Waals surface area (Å²) in [7, 11) is 0. The van der Waals surface area contributed by atoms with Gasteiger partial charge in [0.05, 0.1) is 12.6 Å². The standard InChI is InChI=1S/C19H29N3O4/c1-13-17(24)22-14(4-5-15(22)11-21(13)18(25)26)3-2-9-20-10-8-19(6-7-19)16(23)12-20/h5,13-14,16,23H,2-4,6-12H2,1H3,(H,25,26)/t13-,14-,16?/m0/s1. The predicted molar refractivity (Wildman–Crippen MR) is 95.5 cm³/mol. The maximum Gasteiger partial charge on any atom is 0.408 e. The zero-order valence-electron chi connectivity index (χ0n) is 15.4. The van der Waals surface area contributed by atoms with Gasteiger partial charge in [0.15, 0.2) is 0 Å². The zero-order chi connectivity index (χ0) is 18.5. The topological polar surface area (TPSA) is 84.3 Å². The third-order valence-corrected chi connectivity index (χ3v) is 6.91. The molecule has 0 aromatic heterocycles. The number of aliphatic hydroxyl groups excluding tert-OH is 1. The molecular weight excluding hydrogens is 334 g/mol. The van der Waals surface area contributed by atoms with Gasteiger partial charge in [-0.15, -0.1) is 0 Å². The fourth-order valence-corrected chi connectivity index (χ4v) is 4.87. The maximum atomic E-state index is 12.7.